The van der Waals surface area contributed by atoms with E-state index in [-0.39, 0.29) is 30.8 Å². The third-order valence-electron chi connectivity index (χ3n) is 12.1. The number of ether oxygens (including phenoxy) is 2. The number of thioether (sulfide) groups is 2. The van der Waals surface area contributed by atoms with Gasteiger partial charge in [-0.25, -0.2) is 0 Å². The van der Waals surface area contributed by atoms with Crippen molar-refractivity contribution in [2.75, 3.05) is 43.2 Å². The molecule has 6 nitrogen and oxygen atoms in total. The van der Waals surface area contributed by atoms with Crippen LogP contribution in [0.15, 0.2) is 0 Å². The number of aliphatic hydroxyl groups is 1. The predicted molar refractivity (Wildman–Crippen MR) is 267 cm³/mol. The summed E-state index contributed by atoms with van der Waals surface area (Å²) in [5.41, 5.74) is 0. The van der Waals surface area contributed by atoms with E-state index in [1.807, 2.05) is 23.5 Å². The van der Waals surface area contributed by atoms with E-state index in [2.05, 4.69) is 39.6 Å². The summed E-state index contributed by atoms with van der Waals surface area (Å²) >= 11 is 3.96. The Bertz CT molecular complexity index is 832. The predicted octanol–water partition coefficient (Wildman–Crippen LogP) is 15.7. The van der Waals surface area contributed by atoms with E-state index in [0.29, 0.717) is 18.9 Å². The Morgan fingerprint density at radius 3 is 1.20 bits per heavy atom. The molecule has 0 aliphatic carbocycles. The molecule has 2 atom stereocenters. The number of carbonyl (C=O) groups excluding carboxylic acids is 2. The number of carbonyl (C=O) groups is 2. The van der Waals surface area contributed by atoms with Crippen LogP contribution >= 0.6 is 23.5 Å². The summed E-state index contributed by atoms with van der Waals surface area (Å²) in [6, 6.07) is 0.548. The Labute approximate surface area is 383 Å². The minimum Gasteiger partial charge on any atom is -0.461 e. The molecule has 60 heavy (non-hydrogen) atoms. The first-order valence-corrected chi connectivity index (χ1v) is 28.6. The lowest BCUT2D eigenvalue weighted by Gasteiger charge is -2.28. The van der Waals surface area contributed by atoms with Gasteiger partial charge < -0.3 is 19.5 Å². The fourth-order valence-corrected chi connectivity index (χ4v) is 10.2. The number of unbranched alkanes of at least 4 members (excludes halogenated alkanes) is 23. The number of rotatable bonds is 49. The molecule has 0 amide bonds. The first-order valence-electron chi connectivity index (χ1n) is 26.3. The second-order valence-electron chi connectivity index (χ2n) is 18.1. The fourth-order valence-electron chi connectivity index (χ4n) is 8.08. The standard InChI is InChI=1S/C52H103NO5S2/c1-6-10-14-18-20-22-30-40-51(55)57-49(46-59-44-34-16-12-8-3)38-28-24-26-36-48(53(5)42-32-33-43-54)37-27-25-29-39-50(47-60-45-35-17-13-9-4)58-52(56)41-31-23-21-19-15-11-7-2/h48-50,54H,6-47H2,1-5H3. The zero-order valence-electron chi connectivity index (χ0n) is 40.8. The molecule has 0 aromatic heterocycles. The molecule has 0 saturated heterocycles. The normalized spacial score (nSPS) is 13.2. The molecule has 2 unspecified atom stereocenters. The van der Waals surface area contributed by atoms with Gasteiger partial charge in [0.2, 0.25) is 0 Å². The van der Waals surface area contributed by atoms with E-state index in [1.165, 1.54) is 166 Å². The van der Waals surface area contributed by atoms with Crippen molar-refractivity contribution in [3.05, 3.63) is 0 Å². The molecule has 358 valence electrons. The molecule has 0 heterocycles. The molecule has 0 radical (unpaired) electrons. The lowest BCUT2D eigenvalue weighted by atomic mass is 9.98. The Hall–Kier alpha value is -0.440. The molecular formula is C52H103NO5S2. The highest BCUT2D eigenvalue weighted by Crippen LogP contribution is 2.22. The summed E-state index contributed by atoms with van der Waals surface area (Å²) < 4.78 is 12.2. The molecule has 0 aromatic rings. The van der Waals surface area contributed by atoms with Crippen LogP contribution in [0.3, 0.4) is 0 Å². The smallest absolute Gasteiger partial charge is 0.306 e. The topological polar surface area (TPSA) is 76.1 Å². The average Bonchev–Trinajstić information content (AvgIpc) is 3.24. The van der Waals surface area contributed by atoms with Gasteiger partial charge in [0.15, 0.2) is 0 Å². The molecule has 0 aliphatic heterocycles. The minimum atomic E-state index is 0.0128. The second-order valence-corrected chi connectivity index (χ2v) is 20.4. The Kier molecular flexibility index (Phi) is 47.7. The van der Waals surface area contributed by atoms with Crippen molar-refractivity contribution in [2.45, 2.75) is 277 Å². The van der Waals surface area contributed by atoms with Crippen LogP contribution in [0.1, 0.15) is 259 Å². The zero-order valence-corrected chi connectivity index (χ0v) is 42.4. The second kappa shape index (κ2) is 48.0. The highest BCUT2D eigenvalue weighted by Gasteiger charge is 2.18. The summed E-state index contributed by atoms with van der Waals surface area (Å²) in [5, 5.41) is 9.42. The van der Waals surface area contributed by atoms with Gasteiger partial charge >= 0.3 is 11.9 Å². The molecule has 0 rings (SSSR count). The van der Waals surface area contributed by atoms with Crippen LogP contribution < -0.4 is 0 Å². The molecule has 0 fully saturated rings. The van der Waals surface area contributed by atoms with Crippen LogP contribution in [-0.4, -0.2) is 83.4 Å². The first kappa shape index (κ1) is 59.6. The van der Waals surface area contributed by atoms with Crippen molar-refractivity contribution in [2.24, 2.45) is 0 Å². The Balaban J connectivity index is 4.96. The van der Waals surface area contributed by atoms with Crippen molar-refractivity contribution in [1.82, 2.24) is 4.90 Å². The number of esters is 2. The number of nitrogens with zero attached hydrogens (tertiary/aromatic N) is 1. The lowest BCUT2D eigenvalue weighted by molar-refractivity contribution is -0.149. The number of aliphatic hydroxyl groups excluding tert-OH is 1. The van der Waals surface area contributed by atoms with E-state index < -0.39 is 0 Å². The maximum atomic E-state index is 12.9. The van der Waals surface area contributed by atoms with Gasteiger partial charge in [0, 0.05) is 37.0 Å². The summed E-state index contributed by atoms with van der Waals surface area (Å²) in [6.45, 7) is 10.3. The van der Waals surface area contributed by atoms with E-state index in [0.717, 1.165) is 82.3 Å². The maximum absolute atomic E-state index is 12.9. The number of hydrogen-bond donors (Lipinski definition) is 1. The van der Waals surface area contributed by atoms with Gasteiger partial charge in [-0.2, -0.15) is 23.5 Å². The quantitative estimate of drug-likeness (QED) is 0.0478. The molecule has 0 aromatic carbocycles. The van der Waals surface area contributed by atoms with Gasteiger partial charge in [0.05, 0.1) is 0 Å². The van der Waals surface area contributed by atoms with Crippen molar-refractivity contribution in [3.8, 4) is 0 Å². The summed E-state index contributed by atoms with van der Waals surface area (Å²) in [7, 11) is 2.28. The van der Waals surface area contributed by atoms with E-state index in [4.69, 9.17) is 9.47 Å². The van der Waals surface area contributed by atoms with Crippen LogP contribution in [-0.2, 0) is 19.1 Å². The van der Waals surface area contributed by atoms with Crippen molar-refractivity contribution in [1.29, 1.82) is 0 Å². The van der Waals surface area contributed by atoms with Crippen LogP contribution in [0.2, 0.25) is 0 Å². The van der Waals surface area contributed by atoms with Crippen LogP contribution in [0.4, 0.5) is 0 Å². The van der Waals surface area contributed by atoms with Gasteiger partial charge in [0.1, 0.15) is 12.2 Å². The van der Waals surface area contributed by atoms with Gasteiger partial charge in [-0.3, -0.25) is 9.59 Å². The zero-order chi connectivity index (χ0) is 44.0. The average molecular weight is 887 g/mol. The van der Waals surface area contributed by atoms with E-state index >= 15 is 0 Å². The Morgan fingerprint density at radius 2 is 0.800 bits per heavy atom. The monoisotopic (exact) mass is 886 g/mol. The molecule has 0 aliphatic rings. The third kappa shape index (κ3) is 41.6. The fraction of sp³-hybridized carbons (Fsp3) is 0.962. The summed E-state index contributed by atoms with van der Waals surface area (Å²) in [5.74, 6) is 4.22. The van der Waals surface area contributed by atoms with Gasteiger partial charge in [-0.05, 0) is 102 Å². The van der Waals surface area contributed by atoms with Gasteiger partial charge in [-0.15, -0.1) is 0 Å². The molecule has 0 spiro atoms. The Morgan fingerprint density at radius 1 is 0.450 bits per heavy atom. The van der Waals surface area contributed by atoms with Crippen molar-refractivity contribution < 1.29 is 24.2 Å². The summed E-state index contributed by atoms with van der Waals surface area (Å²) in [4.78, 5) is 28.3. The number of hydrogen-bond acceptors (Lipinski definition) is 8. The van der Waals surface area contributed by atoms with E-state index in [9.17, 15) is 14.7 Å². The van der Waals surface area contributed by atoms with Gasteiger partial charge in [-0.1, -0.05) is 169 Å². The van der Waals surface area contributed by atoms with Crippen LogP contribution in [0, 0.1) is 0 Å². The minimum absolute atomic E-state index is 0.0128. The summed E-state index contributed by atoms with van der Waals surface area (Å²) in [6.07, 6.45) is 41.8. The molecular weight excluding hydrogens is 783 g/mol. The largest absolute Gasteiger partial charge is 0.461 e. The van der Waals surface area contributed by atoms with Crippen molar-refractivity contribution in [3.63, 3.8) is 0 Å². The third-order valence-corrected chi connectivity index (χ3v) is 14.5. The molecule has 0 saturated carbocycles. The van der Waals surface area contributed by atoms with Gasteiger partial charge in [0.25, 0.3) is 0 Å². The van der Waals surface area contributed by atoms with Crippen molar-refractivity contribution >= 4 is 35.5 Å². The molecule has 1 N–H and O–H groups in total. The first-order chi connectivity index (χ1) is 29.4. The highest BCUT2D eigenvalue weighted by molar-refractivity contribution is 7.99. The molecule has 0 bridgehead atoms. The van der Waals surface area contributed by atoms with E-state index in [1.54, 1.807) is 0 Å². The van der Waals surface area contributed by atoms with Crippen LogP contribution in [0.25, 0.3) is 0 Å². The van der Waals surface area contributed by atoms with Crippen LogP contribution in [0.5, 0.6) is 0 Å². The highest BCUT2D eigenvalue weighted by atomic mass is 32.2. The SMILES string of the molecule is CCCCCCCCCC(=O)OC(CCCCCC(CCCCCC(CSCCCCCC)OC(=O)CCCCCCCCC)N(C)CCCCO)CSCCCCCC. The molecule has 8 heteroatoms. The lowest BCUT2D eigenvalue weighted by Crippen LogP contribution is -2.32. The maximum Gasteiger partial charge on any atom is 0.306 e.